The molecule has 0 bridgehead atoms. The van der Waals surface area contributed by atoms with E-state index in [0.29, 0.717) is 4.47 Å². The van der Waals surface area contributed by atoms with Gasteiger partial charge in [0.1, 0.15) is 11.9 Å². The molecular formula is C14H13BrFNO4. The smallest absolute Gasteiger partial charge is 0.326 e. The van der Waals surface area contributed by atoms with Crippen molar-refractivity contribution < 1.29 is 24.2 Å². The zero-order chi connectivity index (χ0) is 15.6. The predicted molar refractivity (Wildman–Crippen MR) is 76.9 cm³/mol. The van der Waals surface area contributed by atoms with E-state index in [-0.39, 0.29) is 18.5 Å². The van der Waals surface area contributed by atoms with Crippen molar-refractivity contribution in [3.05, 3.63) is 40.1 Å². The molecule has 1 aliphatic heterocycles. The first-order valence-corrected chi connectivity index (χ1v) is 7.02. The van der Waals surface area contributed by atoms with Gasteiger partial charge in [0.05, 0.1) is 6.10 Å². The number of carbonyl (C=O) groups excluding carboxylic acids is 1. The summed E-state index contributed by atoms with van der Waals surface area (Å²) in [6.45, 7) is -0.0406. The van der Waals surface area contributed by atoms with Gasteiger partial charge in [0.2, 0.25) is 5.91 Å². The van der Waals surface area contributed by atoms with Crippen LogP contribution >= 0.6 is 15.9 Å². The molecule has 2 atom stereocenters. The summed E-state index contributed by atoms with van der Waals surface area (Å²) in [6, 6.07) is 3.25. The van der Waals surface area contributed by atoms with Gasteiger partial charge in [0, 0.05) is 29.1 Å². The van der Waals surface area contributed by atoms with Gasteiger partial charge in [-0.05, 0) is 24.3 Å². The summed E-state index contributed by atoms with van der Waals surface area (Å²) < 4.78 is 14.2. The minimum atomic E-state index is -1.16. The number of carboxylic acids is 1. The average Bonchev–Trinajstić information content (AvgIpc) is 2.82. The van der Waals surface area contributed by atoms with Gasteiger partial charge in [0.15, 0.2) is 0 Å². The summed E-state index contributed by atoms with van der Waals surface area (Å²) >= 11 is 3.20. The number of rotatable bonds is 3. The molecule has 0 saturated carbocycles. The van der Waals surface area contributed by atoms with Crippen molar-refractivity contribution >= 4 is 33.9 Å². The van der Waals surface area contributed by atoms with Gasteiger partial charge in [-0.2, -0.15) is 0 Å². The predicted octanol–water partition coefficient (Wildman–Crippen LogP) is 1.65. The quantitative estimate of drug-likeness (QED) is 0.806. The highest BCUT2D eigenvalue weighted by Crippen LogP contribution is 2.20. The molecule has 0 aliphatic carbocycles. The molecule has 1 aromatic rings. The first-order valence-electron chi connectivity index (χ1n) is 6.23. The van der Waals surface area contributed by atoms with Crippen molar-refractivity contribution in [1.29, 1.82) is 0 Å². The molecule has 7 heteroatoms. The number of likely N-dealkylation sites (tertiary alicyclic amines) is 1. The van der Waals surface area contributed by atoms with Crippen molar-refractivity contribution in [2.45, 2.75) is 18.6 Å². The number of amides is 1. The molecule has 21 heavy (non-hydrogen) atoms. The molecule has 2 N–H and O–H groups in total. The fraction of sp³-hybridized carbons (Fsp3) is 0.286. The number of halogens is 2. The van der Waals surface area contributed by atoms with E-state index < -0.39 is 29.8 Å². The average molecular weight is 358 g/mol. The molecule has 2 rings (SSSR count). The monoisotopic (exact) mass is 357 g/mol. The molecule has 0 radical (unpaired) electrons. The number of aliphatic hydroxyl groups excluding tert-OH is 1. The molecule has 0 spiro atoms. The van der Waals surface area contributed by atoms with Gasteiger partial charge >= 0.3 is 5.97 Å². The summed E-state index contributed by atoms with van der Waals surface area (Å²) in [7, 11) is 0. The van der Waals surface area contributed by atoms with Crippen LogP contribution in [0.15, 0.2) is 28.7 Å². The van der Waals surface area contributed by atoms with E-state index in [0.717, 1.165) is 11.0 Å². The maximum absolute atomic E-state index is 13.5. The van der Waals surface area contributed by atoms with E-state index in [2.05, 4.69) is 15.9 Å². The lowest BCUT2D eigenvalue weighted by molar-refractivity contribution is -0.146. The Morgan fingerprint density at radius 2 is 2.14 bits per heavy atom. The third-order valence-electron chi connectivity index (χ3n) is 3.21. The molecule has 1 aliphatic rings. The van der Waals surface area contributed by atoms with Crippen LogP contribution in [0.3, 0.4) is 0 Å². The summed E-state index contributed by atoms with van der Waals surface area (Å²) in [4.78, 5) is 24.1. The lowest BCUT2D eigenvalue weighted by Crippen LogP contribution is -2.39. The molecule has 0 aromatic heterocycles. The molecule has 112 valence electrons. The third-order valence-corrected chi connectivity index (χ3v) is 3.70. The number of benzene rings is 1. The van der Waals surface area contributed by atoms with E-state index in [1.54, 1.807) is 0 Å². The van der Waals surface area contributed by atoms with Crippen LogP contribution in [0.1, 0.15) is 12.0 Å². The van der Waals surface area contributed by atoms with Gasteiger partial charge < -0.3 is 15.1 Å². The van der Waals surface area contributed by atoms with E-state index in [9.17, 15) is 19.1 Å². The topological polar surface area (TPSA) is 77.8 Å². The van der Waals surface area contributed by atoms with Crippen LogP contribution in [0.4, 0.5) is 4.39 Å². The number of nitrogens with zero attached hydrogens (tertiary/aromatic N) is 1. The second-order valence-corrected chi connectivity index (χ2v) is 5.65. The largest absolute Gasteiger partial charge is 0.480 e. The van der Waals surface area contributed by atoms with E-state index in [1.165, 1.54) is 24.3 Å². The van der Waals surface area contributed by atoms with E-state index in [1.807, 2.05) is 0 Å². The van der Waals surface area contributed by atoms with Crippen LogP contribution in [0, 0.1) is 5.82 Å². The zero-order valence-electron chi connectivity index (χ0n) is 10.9. The first kappa shape index (κ1) is 15.7. The van der Waals surface area contributed by atoms with Crippen molar-refractivity contribution in [3.8, 4) is 0 Å². The van der Waals surface area contributed by atoms with Crippen LogP contribution in [0.2, 0.25) is 0 Å². The first-order chi connectivity index (χ1) is 9.88. The van der Waals surface area contributed by atoms with Gasteiger partial charge in [-0.1, -0.05) is 15.9 Å². The van der Waals surface area contributed by atoms with Crippen molar-refractivity contribution in [1.82, 2.24) is 4.90 Å². The summed E-state index contributed by atoms with van der Waals surface area (Å²) in [5.74, 6) is -2.22. The number of β-amino-alcohol motifs (C(OH)–C–C–N with tert-alkyl or cyclic N) is 1. The summed E-state index contributed by atoms with van der Waals surface area (Å²) in [6.07, 6.45) is 1.54. The van der Waals surface area contributed by atoms with E-state index >= 15 is 0 Å². The molecule has 1 fully saturated rings. The minimum absolute atomic E-state index is 0.000158. The standard InChI is InChI=1S/C14H13BrFNO4/c15-9-2-3-11(16)8(5-9)1-4-13(19)17-7-10(18)6-12(17)14(20)21/h1-5,10,12,18H,6-7H2,(H,20,21)/b4-1+. The SMILES string of the molecule is O=C(O)C1CC(O)CN1C(=O)/C=C/c1cc(Br)ccc1F. The molecule has 5 nitrogen and oxygen atoms in total. The lowest BCUT2D eigenvalue weighted by atomic mass is 10.2. The Kier molecular flexibility index (Phi) is 4.74. The van der Waals surface area contributed by atoms with Gasteiger partial charge in [-0.25, -0.2) is 9.18 Å². The summed E-state index contributed by atoms with van der Waals surface area (Å²) in [5.41, 5.74) is 0.212. The normalized spacial score (nSPS) is 22.0. The van der Waals surface area contributed by atoms with Crippen molar-refractivity contribution in [2.75, 3.05) is 6.54 Å². The minimum Gasteiger partial charge on any atom is -0.480 e. The van der Waals surface area contributed by atoms with Gasteiger partial charge in [-0.15, -0.1) is 0 Å². The van der Waals surface area contributed by atoms with E-state index in [4.69, 9.17) is 5.11 Å². The highest BCUT2D eigenvalue weighted by molar-refractivity contribution is 9.10. The van der Waals surface area contributed by atoms with Gasteiger partial charge in [0.25, 0.3) is 0 Å². The molecule has 1 heterocycles. The second-order valence-electron chi connectivity index (χ2n) is 4.73. The Morgan fingerprint density at radius 1 is 1.43 bits per heavy atom. The molecule has 1 aromatic carbocycles. The second kappa shape index (κ2) is 6.36. The highest BCUT2D eigenvalue weighted by Gasteiger charge is 2.37. The number of hydrogen-bond donors (Lipinski definition) is 2. The molecule has 1 amide bonds. The highest BCUT2D eigenvalue weighted by atomic mass is 79.9. The zero-order valence-corrected chi connectivity index (χ0v) is 12.5. The fourth-order valence-electron chi connectivity index (χ4n) is 2.19. The third kappa shape index (κ3) is 3.68. The molecule has 1 saturated heterocycles. The van der Waals surface area contributed by atoms with Crippen LogP contribution in [-0.4, -0.2) is 45.7 Å². The number of aliphatic hydroxyl groups is 1. The number of aliphatic carboxylic acids is 1. The van der Waals surface area contributed by atoms with Crippen LogP contribution in [0.5, 0.6) is 0 Å². The number of carboxylic acid groups (broad SMARTS) is 1. The Labute approximate surface area is 128 Å². The lowest BCUT2D eigenvalue weighted by Gasteiger charge is -2.19. The summed E-state index contributed by atoms with van der Waals surface area (Å²) in [5, 5.41) is 18.5. The maximum Gasteiger partial charge on any atom is 0.326 e. The Bertz CT molecular complexity index is 605. The van der Waals surface area contributed by atoms with Crippen LogP contribution in [0.25, 0.3) is 6.08 Å². The Morgan fingerprint density at radius 3 is 2.81 bits per heavy atom. The van der Waals surface area contributed by atoms with Crippen LogP contribution in [-0.2, 0) is 9.59 Å². The Balaban J connectivity index is 2.15. The molecular weight excluding hydrogens is 345 g/mol. The van der Waals surface area contributed by atoms with Crippen molar-refractivity contribution in [2.24, 2.45) is 0 Å². The van der Waals surface area contributed by atoms with Gasteiger partial charge in [-0.3, -0.25) is 4.79 Å². The maximum atomic E-state index is 13.5. The van der Waals surface area contributed by atoms with Crippen LogP contribution < -0.4 is 0 Å². The number of carbonyl (C=O) groups is 2. The fourth-order valence-corrected chi connectivity index (χ4v) is 2.57. The van der Waals surface area contributed by atoms with Crippen molar-refractivity contribution in [3.63, 3.8) is 0 Å². The molecule has 2 unspecified atom stereocenters. The Hall–Kier alpha value is -1.73. The number of hydrogen-bond acceptors (Lipinski definition) is 3.